The maximum Gasteiger partial charge on any atom is 0.220 e. The summed E-state index contributed by atoms with van der Waals surface area (Å²) in [5.41, 5.74) is 5.95. The number of benzene rings is 1. The van der Waals surface area contributed by atoms with Gasteiger partial charge >= 0.3 is 0 Å². The summed E-state index contributed by atoms with van der Waals surface area (Å²) in [7, 11) is 0. The van der Waals surface area contributed by atoms with Crippen LogP contribution in [0, 0.1) is 11.7 Å². The Morgan fingerprint density at radius 1 is 1.47 bits per heavy atom. The number of nitrogens with two attached hydrogens (primary N) is 1. The molecule has 0 aliphatic rings. The normalized spacial score (nSPS) is 12.5. The van der Waals surface area contributed by atoms with Gasteiger partial charge < -0.3 is 16.2 Å². The minimum Gasteiger partial charge on any atom is -0.396 e. The molecule has 0 fully saturated rings. The van der Waals surface area contributed by atoms with E-state index < -0.39 is 11.9 Å². The van der Waals surface area contributed by atoms with E-state index in [0.717, 1.165) is 0 Å². The molecule has 1 unspecified atom stereocenters. The Kier molecular flexibility index (Phi) is 5.76. The molecule has 0 aliphatic heterocycles. The van der Waals surface area contributed by atoms with Gasteiger partial charge in [-0.25, -0.2) is 4.39 Å². The summed E-state index contributed by atoms with van der Waals surface area (Å²) in [5, 5.41) is 12.7. The van der Waals surface area contributed by atoms with Gasteiger partial charge in [0.25, 0.3) is 0 Å². The van der Waals surface area contributed by atoms with Crippen LogP contribution in [-0.2, 0) is 4.79 Å². The summed E-state index contributed by atoms with van der Waals surface area (Å²) in [6, 6.07) is 4.08. The van der Waals surface area contributed by atoms with Crippen LogP contribution in [0.25, 0.3) is 0 Å². The topological polar surface area (TPSA) is 75.3 Å². The van der Waals surface area contributed by atoms with E-state index >= 15 is 0 Å². The van der Waals surface area contributed by atoms with Gasteiger partial charge in [-0.3, -0.25) is 4.79 Å². The van der Waals surface area contributed by atoms with Gasteiger partial charge in [-0.2, -0.15) is 0 Å². The number of anilines is 1. The second-order valence-electron chi connectivity index (χ2n) is 5.03. The molecule has 0 radical (unpaired) electrons. The summed E-state index contributed by atoms with van der Waals surface area (Å²) in [4.78, 5) is 11.5. The standard InChI is InChI=1S/C14H21FN2O2/c1-9(2)8-17-14(19)6-5-13(18)10-3-4-11(15)12(16)7-10/h3-4,7,9,13,18H,5-6,8,16H2,1-2H3,(H,17,19). The van der Waals surface area contributed by atoms with E-state index in [4.69, 9.17) is 5.73 Å². The monoisotopic (exact) mass is 268 g/mol. The fourth-order valence-corrected chi connectivity index (χ4v) is 1.61. The SMILES string of the molecule is CC(C)CNC(=O)CCC(O)c1ccc(F)c(N)c1. The molecule has 1 rings (SSSR count). The van der Waals surface area contributed by atoms with Gasteiger partial charge in [0, 0.05) is 13.0 Å². The highest BCUT2D eigenvalue weighted by molar-refractivity contribution is 5.75. The number of nitrogen functional groups attached to an aromatic ring is 1. The molecule has 0 aromatic heterocycles. The summed E-state index contributed by atoms with van der Waals surface area (Å²) in [6.45, 7) is 4.64. The van der Waals surface area contributed by atoms with Crippen LogP contribution in [-0.4, -0.2) is 17.6 Å². The molecule has 4 nitrogen and oxygen atoms in total. The van der Waals surface area contributed by atoms with Gasteiger partial charge in [-0.1, -0.05) is 19.9 Å². The lowest BCUT2D eigenvalue weighted by atomic mass is 10.0. The molecule has 0 aliphatic carbocycles. The van der Waals surface area contributed by atoms with Crippen molar-refractivity contribution >= 4 is 11.6 Å². The molecule has 1 aromatic carbocycles. The highest BCUT2D eigenvalue weighted by atomic mass is 19.1. The predicted molar refractivity (Wildman–Crippen MR) is 72.9 cm³/mol. The van der Waals surface area contributed by atoms with Crippen molar-refractivity contribution in [3.05, 3.63) is 29.6 Å². The van der Waals surface area contributed by atoms with Crippen molar-refractivity contribution in [1.29, 1.82) is 0 Å². The van der Waals surface area contributed by atoms with Crippen LogP contribution >= 0.6 is 0 Å². The van der Waals surface area contributed by atoms with Crippen molar-refractivity contribution in [1.82, 2.24) is 5.32 Å². The van der Waals surface area contributed by atoms with E-state index in [1.807, 2.05) is 13.8 Å². The van der Waals surface area contributed by atoms with Gasteiger partial charge in [0.1, 0.15) is 5.82 Å². The zero-order chi connectivity index (χ0) is 14.4. The number of halogens is 1. The summed E-state index contributed by atoms with van der Waals surface area (Å²) in [5.74, 6) is -0.209. The third kappa shape index (κ3) is 5.26. The Morgan fingerprint density at radius 2 is 2.16 bits per heavy atom. The molecule has 0 spiro atoms. The van der Waals surface area contributed by atoms with Crippen molar-refractivity contribution in [3.8, 4) is 0 Å². The predicted octanol–water partition coefficient (Wildman–Crippen LogP) is 1.99. The molecule has 19 heavy (non-hydrogen) atoms. The first-order chi connectivity index (χ1) is 8.90. The average molecular weight is 268 g/mol. The third-order valence-corrected chi connectivity index (χ3v) is 2.76. The Hall–Kier alpha value is -1.62. The van der Waals surface area contributed by atoms with E-state index in [1.54, 1.807) is 0 Å². The fourth-order valence-electron chi connectivity index (χ4n) is 1.61. The molecule has 1 atom stereocenters. The minimum absolute atomic E-state index is 0.000749. The van der Waals surface area contributed by atoms with E-state index in [2.05, 4.69) is 5.32 Å². The largest absolute Gasteiger partial charge is 0.396 e. The lowest BCUT2D eigenvalue weighted by Gasteiger charge is -2.12. The van der Waals surface area contributed by atoms with Gasteiger partial charge in [-0.15, -0.1) is 0 Å². The second-order valence-corrected chi connectivity index (χ2v) is 5.03. The summed E-state index contributed by atoms with van der Waals surface area (Å²) >= 11 is 0. The fraction of sp³-hybridized carbons (Fsp3) is 0.500. The van der Waals surface area contributed by atoms with E-state index in [0.29, 0.717) is 18.0 Å². The molecule has 1 amide bonds. The zero-order valence-electron chi connectivity index (χ0n) is 11.3. The van der Waals surface area contributed by atoms with Crippen LogP contribution < -0.4 is 11.1 Å². The smallest absolute Gasteiger partial charge is 0.220 e. The number of rotatable bonds is 6. The van der Waals surface area contributed by atoms with Crippen molar-refractivity contribution in [2.75, 3.05) is 12.3 Å². The lowest BCUT2D eigenvalue weighted by molar-refractivity contribution is -0.121. The van der Waals surface area contributed by atoms with Gasteiger partial charge in [0.2, 0.25) is 5.91 Å². The van der Waals surface area contributed by atoms with Crippen LogP contribution in [0.1, 0.15) is 38.4 Å². The quantitative estimate of drug-likeness (QED) is 0.691. The first-order valence-electron chi connectivity index (χ1n) is 6.39. The number of hydrogen-bond acceptors (Lipinski definition) is 3. The highest BCUT2D eigenvalue weighted by Gasteiger charge is 2.12. The molecule has 4 N–H and O–H groups in total. The number of aliphatic hydroxyl groups excluding tert-OH is 1. The van der Waals surface area contributed by atoms with E-state index in [1.165, 1.54) is 18.2 Å². The van der Waals surface area contributed by atoms with Gasteiger partial charge in [-0.05, 0) is 30.0 Å². The summed E-state index contributed by atoms with van der Waals surface area (Å²) < 4.78 is 13.0. The average Bonchev–Trinajstić information content (AvgIpc) is 2.36. The molecular weight excluding hydrogens is 247 g/mol. The Labute approximate surface area is 112 Å². The molecule has 0 saturated heterocycles. The number of carbonyl (C=O) groups is 1. The van der Waals surface area contributed by atoms with Crippen LogP contribution in [0.2, 0.25) is 0 Å². The molecule has 106 valence electrons. The number of amides is 1. The Balaban J connectivity index is 2.44. The second kappa shape index (κ2) is 7.09. The number of hydrogen-bond donors (Lipinski definition) is 3. The molecular formula is C14H21FN2O2. The maximum absolute atomic E-state index is 13.0. The zero-order valence-corrected chi connectivity index (χ0v) is 11.3. The lowest BCUT2D eigenvalue weighted by Crippen LogP contribution is -2.27. The van der Waals surface area contributed by atoms with Gasteiger partial charge in [0.05, 0.1) is 11.8 Å². The Morgan fingerprint density at radius 3 is 2.74 bits per heavy atom. The first-order valence-corrected chi connectivity index (χ1v) is 6.39. The molecule has 5 heteroatoms. The van der Waals surface area contributed by atoms with Crippen molar-refractivity contribution in [2.24, 2.45) is 5.92 Å². The first kappa shape index (κ1) is 15.4. The number of aliphatic hydroxyl groups is 1. The molecule has 0 saturated carbocycles. The molecule has 0 bridgehead atoms. The number of carbonyl (C=O) groups excluding carboxylic acids is 1. The number of nitrogens with one attached hydrogen (secondary N) is 1. The van der Waals surface area contributed by atoms with Gasteiger partial charge in [0.15, 0.2) is 0 Å². The third-order valence-electron chi connectivity index (χ3n) is 2.76. The van der Waals surface area contributed by atoms with Crippen LogP contribution in [0.3, 0.4) is 0 Å². The van der Waals surface area contributed by atoms with Crippen LogP contribution in [0.5, 0.6) is 0 Å². The Bertz CT molecular complexity index is 435. The van der Waals surface area contributed by atoms with E-state index in [-0.39, 0.29) is 24.4 Å². The van der Waals surface area contributed by atoms with Crippen LogP contribution in [0.4, 0.5) is 10.1 Å². The highest BCUT2D eigenvalue weighted by Crippen LogP contribution is 2.22. The minimum atomic E-state index is -0.812. The summed E-state index contributed by atoms with van der Waals surface area (Å²) in [6.07, 6.45) is -0.298. The maximum atomic E-state index is 13.0. The van der Waals surface area contributed by atoms with Crippen molar-refractivity contribution in [3.63, 3.8) is 0 Å². The van der Waals surface area contributed by atoms with E-state index in [9.17, 15) is 14.3 Å². The van der Waals surface area contributed by atoms with Crippen molar-refractivity contribution < 1.29 is 14.3 Å². The molecule has 0 heterocycles. The van der Waals surface area contributed by atoms with Crippen LogP contribution in [0.15, 0.2) is 18.2 Å². The van der Waals surface area contributed by atoms with Crippen molar-refractivity contribution in [2.45, 2.75) is 32.8 Å². The molecule has 1 aromatic rings.